The molecule has 1 rings (SSSR count). The molecule has 0 saturated carbocycles. The van der Waals surface area contributed by atoms with Gasteiger partial charge in [-0.3, -0.25) is 4.79 Å². The minimum absolute atomic E-state index is 0.114. The lowest BCUT2D eigenvalue weighted by Crippen LogP contribution is -2.36. The van der Waals surface area contributed by atoms with Crippen LogP contribution in [0.4, 0.5) is 0 Å². The van der Waals surface area contributed by atoms with Crippen molar-refractivity contribution in [3.8, 4) is 0 Å². The summed E-state index contributed by atoms with van der Waals surface area (Å²) >= 11 is 0. The second-order valence-corrected chi connectivity index (χ2v) is 6.03. The molecule has 18 heavy (non-hydrogen) atoms. The molecule has 1 unspecified atom stereocenters. The lowest BCUT2D eigenvalue weighted by molar-refractivity contribution is -0.125. The van der Waals surface area contributed by atoms with Gasteiger partial charge in [-0.2, -0.15) is 0 Å². The Morgan fingerprint density at radius 2 is 2.22 bits per heavy atom. The average Bonchev–Trinajstić information content (AvgIpc) is 2.36. The van der Waals surface area contributed by atoms with Gasteiger partial charge in [0.25, 0.3) is 0 Å². The summed E-state index contributed by atoms with van der Waals surface area (Å²) < 4.78 is 5.57. The molecule has 4 nitrogen and oxygen atoms in total. The maximum atomic E-state index is 11.8. The van der Waals surface area contributed by atoms with Gasteiger partial charge >= 0.3 is 0 Å². The van der Waals surface area contributed by atoms with Crippen LogP contribution in [-0.4, -0.2) is 31.7 Å². The maximum absolute atomic E-state index is 11.8. The van der Waals surface area contributed by atoms with E-state index in [1.165, 1.54) is 6.42 Å². The van der Waals surface area contributed by atoms with Crippen molar-refractivity contribution in [1.29, 1.82) is 0 Å². The van der Waals surface area contributed by atoms with Crippen LogP contribution in [0.25, 0.3) is 0 Å². The van der Waals surface area contributed by atoms with E-state index >= 15 is 0 Å². The Bertz CT molecular complexity index is 248. The number of amides is 1. The SMILES string of the molecule is CC(C)(CCCN)CNC(=O)CC1CCCCO1. The summed E-state index contributed by atoms with van der Waals surface area (Å²) in [6, 6.07) is 0. The predicted molar refractivity (Wildman–Crippen MR) is 73.3 cm³/mol. The van der Waals surface area contributed by atoms with Gasteiger partial charge in [-0.25, -0.2) is 0 Å². The molecule has 1 aliphatic rings. The second kappa shape index (κ2) is 7.74. The van der Waals surface area contributed by atoms with Crippen molar-refractivity contribution < 1.29 is 9.53 Å². The highest BCUT2D eigenvalue weighted by Gasteiger charge is 2.21. The fourth-order valence-electron chi connectivity index (χ4n) is 2.25. The van der Waals surface area contributed by atoms with Gasteiger partial charge in [-0.05, 0) is 44.1 Å². The van der Waals surface area contributed by atoms with Crippen molar-refractivity contribution in [3.63, 3.8) is 0 Å². The van der Waals surface area contributed by atoms with E-state index in [2.05, 4.69) is 19.2 Å². The summed E-state index contributed by atoms with van der Waals surface area (Å²) in [6.45, 7) is 6.58. The van der Waals surface area contributed by atoms with Gasteiger partial charge < -0.3 is 15.8 Å². The number of carbonyl (C=O) groups is 1. The third kappa shape index (κ3) is 6.36. The third-order valence-electron chi connectivity index (χ3n) is 3.51. The Labute approximate surface area is 111 Å². The molecule has 1 amide bonds. The Kier molecular flexibility index (Phi) is 6.65. The van der Waals surface area contributed by atoms with Gasteiger partial charge in [0, 0.05) is 13.2 Å². The maximum Gasteiger partial charge on any atom is 0.222 e. The monoisotopic (exact) mass is 256 g/mol. The van der Waals surface area contributed by atoms with Crippen LogP contribution >= 0.6 is 0 Å². The standard InChI is InChI=1S/C14H28N2O2/c1-14(2,7-5-8-15)11-16-13(17)10-12-6-3-4-9-18-12/h12H,3-11,15H2,1-2H3,(H,16,17). The van der Waals surface area contributed by atoms with Crippen molar-refractivity contribution in [2.24, 2.45) is 11.1 Å². The van der Waals surface area contributed by atoms with Crippen LogP contribution in [0.2, 0.25) is 0 Å². The summed E-state index contributed by atoms with van der Waals surface area (Å²) in [5, 5.41) is 3.02. The highest BCUT2D eigenvalue weighted by molar-refractivity contribution is 5.76. The van der Waals surface area contributed by atoms with Crippen molar-refractivity contribution in [1.82, 2.24) is 5.32 Å². The molecule has 0 radical (unpaired) electrons. The number of ether oxygens (including phenoxy) is 1. The van der Waals surface area contributed by atoms with Crippen molar-refractivity contribution >= 4 is 5.91 Å². The van der Waals surface area contributed by atoms with E-state index < -0.39 is 0 Å². The van der Waals surface area contributed by atoms with E-state index in [4.69, 9.17) is 10.5 Å². The van der Waals surface area contributed by atoms with Crippen LogP contribution in [0.3, 0.4) is 0 Å². The number of rotatable bonds is 7. The molecular formula is C14H28N2O2. The molecule has 0 bridgehead atoms. The van der Waals surface area contributed by atoms with Crippen LogP contribution in [0, 0.1) is 5.41 Å². The fourth-order valence-corrected chi connectivity index (χ4v) is 2.25. The van der Waals surface area contributed by atoms with Crippen LogP contribution in [0.1, 0.15) is 52.4 Å². The largest absolute Gasteiger partial charge is 0.378 e. The predicted octanol–water partition coefficient (Wildman–Crippen LogP) is 1.83. The van der Waals surface area contributed by atoms with Crippen molar-refractivity contribution in [3.05, 3.63) is 0 Å². The molecule has 106 valence electrons. The van der Waals surface area contributed by atoms with Crippen LogP contribution in [0.5, 0.6) is 0 Å². The summed E-state index contributed by atoms with van der Waals surface area (Å²) in [6.07, 6.45) is 6.02. The zero-order valence-corrected chi connectivity index (χ0v) is 11.8. The van der Waals surface area contributed by atoms with E-state index in [0.717, 1.165) is 38.8 Å². The summed E-state index contributed by atoms with van der Waals surface area (Å²) in [5.74, 6) is 0.114. The van der Waals surface area contributed by atoms with Crippen LogP contribution < -0.4 is 11.1 Å². The normalized spacial score (nSPS) is 20.7. The molecule has 0 aromatic carbocycles. The number of nitrogens with two attached hydrogens (primary N) is 1. The van der Waals surface area contributed by atoms with Crippen molar-refractivity contribution in [2.75, 3.05) is 19.7 Å². The molecule has 0 aliphatic carbocycles. The Morgan fingerprint density at radius 1 is 1.44 bits per heavy atom. The number of hydrogen-bond donors (Lipinski definition) is 2. The van der Waals surface area contributed by atoms with E-state index in [1.54, 1.807) is 0 Å². The van der Waals surface area contributed by atoms with Gasteiger partial charge in [-0.1, -0.05) is 13.8 Å². The Morgan fingerprint density at radius 3 is 2.83 bits per heavy atom. The Balaban J connectivity index is 2.19. The fraction of sp³-hybridized carbons (Fsp3) is 0.929. The van der Waals surface area contributed by atoms with E-state index in [1.807, 2.05) is 0 Å². The topological polar surface area (TPSA) is 64.3 Å². The second-order valence-electron chi connectivity index (χ2n) is 6.03. The quantitative estimate of drug-likeness (QED) is 0.730. The zero-order valence-electron chi connectivity index (χ0n) is 11.8. The minimum atomic E-state index is 0.114. The molecule has 0 spiro atoms. The highest BCUT2D eigenvalue weighted by atomic mass is 16.5. The third-order valence-corrected chi connectivity index (χ3v) is 3.51. The molecular weight excluding hydrogens is 228 g/mol. The molecule has 4 heteroatoms. The molecule has 1 heterocycles. The molecule has 1 saturated heterocycles. The van der Waals surface area contributed by atoms with E-state index in [-0.39, 0.29) is 17.4 Å². The molecule has 1 fully saturated rings. The summed E-state index contributed by atoms with van der Waals surface area (Å²) in [5.41, 5.74) is 5.64. The molecule has 0 aromatic rings. The van der Waals surface area contributed by atoms with Gasteiger partial charge in [0.1, 0.15) is 0 Å². The molecule has 3 N–H and O–H groups in total. The number of hydrogen-bond acceptors (Lipinski definition) is 3. The average molecular weight is 256 g/mol. The van der Waals surface area contributed by atoms with Crippen LogP contribution in [-0.2, 0) is 9.53 Å². The van der Waals surface area contributed by atoms with Gasteiger partial charge in [0.2, 0.25) is 5.91 Å². The van der Waals surface area contributed by atoms with Gasteiger partial charge in [0.05, 0.1) is 12.5 Å². The molecule has 1 atom stereocenters. The number of carbonyl (C=O) groups excluding carboxylic acids is 1. The summed E-state index contributed by atoms with van der Waals surface area (Å²) in [4.78, 5) is 11.8. The zero-order chi connectivity index (χ0) is 13.4. The lowest BCUT2D eigenvalue weighted by atomic mass is 9.87. The Hall–Kier alpha value is -0.610. The first kappa shape index (κ1) is 15.4. The lowest BCUT2D eigenvalue weighted by Gasteiger charge is -2.26. The van der Waals surface area contributed by atoms with Crippen molar-refractivity contribution in [2.45, 2.75) is 58.5 Å². The smallest absolute Gasteiger partial charge is 0.222 e. The summed E-state index contributed by atoms with van der Waals surface area (Å²) in [7, 11) is 0. The first-order chi connectivity index (χ1) is 8.53. The van der Waals surface area contributed by atoms with Crippen LogP contribution in [0.15, 0.2) is 0 Å². The van der Waals surface area contributed by atoms with E-state index in [9.17, 15) is 4.79 Å². The van der Waals surface area contributed by atoms with Gasteiger partial charge in [0.15, 0.2) is 0 Å². The first-order valence-electron chi connectivity index (χ1n) is 7.12. The van der Waals surface area contributed by atoms with Gasteiger partial charge in [-0.15, -0.1) is 0 Å². The van der Waals surface area contributed by atoms with E-state index in [0.29, 0.717) is 13.0 Å². The molecule has 1 aliphatic heterocycles. The number of nitrogens with one attached hydrogen (secondary N) is 1. The minimum Gasteiger partial charge on any atom is -0.378 e. The highest BCUT2D eigenvalue weighted by Crippen LogP contribution is 2.21. The molecule has 0 aromatic heterocycles. The first-order valence-corrected chi connectivity index (χ1v) is 7.12.